The third kappa shape index (κ3) is 3.59. The molecule has 0 aromatic heterocycles. The van der Waals surface area contributed by atoms with Gasteiger partial charge >= 0.3 is 0 Å². The molecular formula is C9H8F2N2OS. The molecule has 15 heavy (non-hydrogen) atoms. The number of amides is 1. The zero-order valence-corrected chi connectivity index (χ0v) is 8.41. The van der Waals surface area contributed by atoms with Gasteiger partial charge in [0.25, 0.3) is 0 Å². The summed E-state index contributed by atoms with van der Waals surface area (Å²) < 4.78 is 25.5. The first kappa shape index (κ1) is 11.5. The molecule has 3 N–H and O–H groups in total. The number of nitrogens with two attached hydrogens (primary N) is 1. The van der Waals surface area contributed by atoms with Crippen LogP contribution in [0.3, 0.4) is 0 Å². The third-order valence-electron chi connectivity index (χ3n) is 1.54. The van der Waals surface area contributed by atoms with Crippen molar-refractivity contribution in [2.24, 2.45) is 5.73 Å². The van der Waals surface area contributed by atoms with Crippen molar-refractivity contribution >= 4 is 28.8 Å². The van der Waals surface area contributed by atoms with Gasteiger partial charge in [0.15, 0.2) is 0 Å². The molecule has 1 amide bonds. The molecule has 0 saturated carbocycles. The predicted octanol–water partition coefficient (Wildman–Crippen LogP) is 1.58. The van der Waals surface area contributed by atoms with Crippen LogP contribution in [0.2, 0.25) is 0 Å². The molecule has 1 aromatic rings. The molecule has 0 heterocycles. The van der Waals surface area contributed by atoms with E-state index < -0.39 is 17.5 Å². The Kier molecular flexibility index (Phi) is 3.68. The van der Waals surface area contributed by atoms with Crippen molar-refractivity contribution in [3.8, 4) is 0 Å². The Morgan fingerprint density at radius 3 is 2.67 bits per heavy atom. The number of anilines is 1. The van der Waals surface area contributed by atoms with Crippen LogP contribution in [0, 0.1) is 11.6 Å². The Morgan fingerprint density at radius 1 is 1.47 bits per heavy atom. The van der Waals surface area contributed by atoms with Crippen molar-refractivity contribution in [1.82, 2.24) is 0 Å². The third-order valence-corrected chi connectivity index (χ3v) is 1.68. The van der Waals surface area contributed by atoms with E-state index in [0.29, 0.717) is 6.07 Å². The average Bonchev–Trinajstić information content (AvgIpc) is 2.08. The molecule has 3 nitrogen and oxygen atoms in total. The quantitative estimate of drug-likeness (QED) is 0.775. The van der Waals surface area contributed by atoms with Gasteiger partial charge < -0.3 is 11.1 Å². The molecule has 1 rings (SSSR count). The molecule has 1 aromatic carbocycles. The lowest BCUT2D eigenvalue weighted by atomic mass is 10.3. The fourth-order valence-electron chi connectivity index (χ4n) is 0.943. The predicted molar refractivity (Wildman–Crippen MR) is 56.4 cm³/mol. The molecule has 0 radical (unpaired) electrons. The van der Waals surface area contributed by atoms with Crippen LogP contribution in [-0.2, 0) is 4.79 Å². The largest absolute Gasteiger partial charge is 0.393 e. The van der Waals surface area contributed by atoms with E-state index in [2.05, 4.69) is 17.5 Å². The molecule has 0 saturated heterocycles. The highest BCUT2D eigenvalue weighted by Gasteiger charge is 2.08. The summed E-state index contributed by atoms with van der Waals surface area (Å²) >= 11 is 4.50. The molecule has 0 unspecified atom stereocenters. The van der Waals surface area contributed by atoms with Gasteiger partial charge in [-0.1, -0.05) is 12.2 Å². The fourth-order valence-corrected chi connectivity index (χ4v) is 1.07. The average molecular weight is 230 g/mol. The van der Waals surface area contributed by atoms with Gasteiger partial charge in [-0.3, -0.25) is 4.79 Å². The smallest absolute Gasteiger partial charge is 0.231 e. The molecule has 0 atom stereocenters. The van der Waals surface area contributed by atoms with E-state index in [1.54, 1.807) is 0 Å². The van der Waals surface area contributed by atoms with Gasteiger partial charge in [-0.25, -0.2) is 8.78 Å². The van der Waals surface area contributed by atoms with Crippen LogP contribution in [0.5, 0.6) is 0 Å². The number of thiocarbonyl (C=S) groups is 1. The minimum absolute atomic E-state index is 0.00928. The maximum Gasteiger partial charge on any atom is 0.231 e. The summed E-state index contributed by atoms with van der Waals surface area (Å²) in [5.41, 5.74) is 5.03. The number of nitrogens with one attached hydrogen (secondary N) is 1. The van der Waals surface area contributed by atoms with E-state index in [1.807, 2.05) is 0 Å². The van der Waals surface area contributed by atoms with Gasteiger partial charge in [0.1, 0.15) is 11.6 Å². The van der Waals surface area contributed by atoms with Crippen LogP contribution in [0.15, 0.2) is 18.2 Å². The summed E-state index contributed by atoms with van der Waals surface area (Å²) in [4.78, 5) is 11.1. The highest BCUT2D eigenvalue weighted by Crippen LogP contribution is 2.14. The summed E-state index contributed by atoms with van der Waals surface area (Å²) in [5, 5.41) is 2.22. The van der Waals surface area contributed by atoms with Crippen molar-refractivity contribution in [3.63, 3.8) is 0 Å². The van der Waals surface area contributed by atoms with Gasteiger partial charge in [-0.05, 0) is 12.1 Å². The molecule has 0 aliphatic rings. The number of carbonyl (C=O) groups excluding carboxylic acids is 1. The van der Waals surface area contributed by atoms with Crippen molar-refractivity contribution in [1.29, 1.82) is 0 Å². The first-order valence-electron chi connectivity index (χ1n) is 4.02. The Hall–Kier alpha value is -1.56. The van der Waals surface area contributed by atoms with Crippen LogP contribution in [0.4, 0.5) is 14.5 Å². The van der Waals surface area contributed by atoms with E-state index >= 15 is 0 Å². The lowest BCUT2D eigenvalue weighted by Crippen LogP contribution is -2.20. The molecule has 0 aliphatic carbocycles. The highest BCUT2D eigenvalue weighted by molar-refractivity contribution is 7.80. The Labute approximate surface area is 90.3 Å². The normalized spacial score (nSPS) is 9.73. The zero-order chi connectivity index (χ0) is 11.4. The maximum absolute atomic E-state index is 13.0. The standard InChI is InChI=1S/C9H8F2N2OS/c10-5-1-2-7(6(11)3-5)13-9(14)4-8(12)15/h1-3H,4H2,(H2,12,15)(H,13,14). The number of benzene rings is 1. The molecule has 0 bridgehead atoms. The van der Waals surface area contributed by atoms with Crippen LogP contribution in [-0.4, -0.2) is 10.9 Å². The lowest BCUT2D eigenvalue weighted by molar-refractivity contribution is -0.115. The van der Waals surface area contributed by atoms with Crippen LogP contribution >= 0.6 is 12.2 Å². The lowest BCUT2D eigenvalue weighted by Gasteiger charge is -2.05. The van der Waals surface area contributed by atoms with Crippen molar-refractivity contribution in [3.05, 3.63) is 29.8 Å². The van der Waals surface area contributed by atoms with E-state index in [0.717, 1.165) is 12.1 Å². The number of hydrogen-bond donors (Lipinski definition) is 2. The minimum atomic E-state index is -0.841. The monoisotopic (exact) mass is 230 g/mol. The SMILES string of the molecule is NC(=S)CC(=O)Nc1ccc(F)cc1F. The van der Waals surface area contributed by atoms with E-state index in [9.17, 15) is 13.6 Å². The molecule has 80 valence electrons. The molecule has 0 fully saturated rings. The van der Waals surface area contributed by atoms with Gasteiger partial charge in [0.2, 0.25) is 5.91 Å². The molecular weight excluding hydrogens is 222 g/mol. The first-order chi connectivity index (χ1) is 6.99. The Morgan fingerprint density at radius 2 is 2.13 bits per heavy atom. The van der Waals surface area contributed by atoms with E-state index in [4.69, 9.17) is 5.73 Å². The number of hydrogen-bond acceptors (Lipinski definition) is 2. The summed E-state index contributed by atoms with van der Waals surface area (Å²) in [6.07, 6.45) is -0.174. The van der Waals surface area contributed by atoms with Crippen molar-refractivity contribution < 1.29 is 13.6 Å². The second-order valence-corrected chi connectivity index (χ2v) is 3.34. The topological polar surface area (TPSA) is 55.1 Å². The number of halogens is 2. The second kappa shape index (κ2) is 4.79. The number of rotatable bonds is 3. The summed E-state index contributed by atoms with van der Waals surface area (Å²) in [6, 6.07) is 2.85. The van der Waals surface area contributed by atoms with Crippen molar-refractivity contribution in [2.45, 2.75) is 6.42 Å². The second-order valence-electron chi connectivity index (χ2n) is 2.82. The van der Waals surface area contributed by atoms with Gasteiger partial charge in [-0.15, -0.1) is 0 Å². The summed E-state index contributed by atoms with van der Waals surface area (Å²) in [6.45, 7) is 0. The first-order valence-corrected chi connectivity index (χ1v) is 4.43. The van der Waals surface area contributed by atoms with Crippen LogP contribution in [0.25, 0.3) is 0 Å². The fraction of sp³-hybridized carbons (Fsp3) is 0.111. The summed E-state index contributed by atoms with van der Waals surface area (Å²) in [5.74, 6) is -2.08. The van der Waals surface area contributed by atoms with Gasteiger partial charge in [0, 0.05) is 6.07 Å². The Balaban J connectivity index is 2.72. The van der Waals surface area contributed by atoms with Gasteiger partial charge in [0.05, 0.1) is 17.1 Å². The highest BCUT2D eigenvalue weighted by atomic mass is 32.1. The molecule has 6 heteroatoms. The maximum atomic E-state index is 13.0. The molecule has 0 spiro atoms. The van der Waals surface area contributed by atoms with Gasteiger partial charge in [-0.2, -0.15) is 0 Å². The zero-order valence-electron chi connectivity index (χ0n) is 7.59. The van der Waals surface area contributed by atoms with E-state index in [1.165, 1.54) is 0 Å². The molecule has 0 aliphatic heterocycles. The van der Waals surface area contributed by atoms with E-state index in [-0.39, 0.29) is 17.1 Å². The summed E-state index contributed by atoms with van der Waals surface area (Å²) in [7, 11) is 0. The van der Waals surface area contributed by atoms with Crippen LogP contribution < -0.4 is 11.1 Å². The van der Waals surface area contributed by atoms with Crippen LogP contribution in [0.1, 0.15) is 6.42 Å². The van der Waals surface area contributed by atoms with Crippen molar-refractivity contribution in [2.75, 3.05) is 5.32 Å². The Bertz CT molecular complexity index is 409. The number of carbonyl (C=O) groups is 1. The minimum Gasteiger partial charge on any atom is -0.393 e.